The summed E-state index contributed by atoms with van der Waals surface area (Å²) < 4.78 is 10.6. The van der Waals surface area contributed by atoms with Crippen LogP contribution in [0.25, 0.3) is 6.08 Å². The molecule has 0 bridgehead atoms. The second-order valence-corrected chi connectivity index (χ2v) is 6.27. The molecule has 2 amide bonds. The van der Waals surface area contributed by atoms with Gasteiger partial charge in [-0.15, -0.1) is 0 Å². The lowest BCUT2D eigenvalue weighted by molar-refractivity contribution is -0.122. The highest BCUT2D eigenvalue weighted by Gasteiger charge is 2.34. The highest BCUT2D eigenvalue weighted by Crippen LogP contribution is 2.33. The summed E-state index contributed by atoms with van der Waals surface area (Å²) in [6.07, 6.45) is 1.48. The number of anilines is 1. The molecule has 7 heteroatoms. The summed E-state index contributed by atoms with van der Waals surface area (Å²) in [7, 11) is 3.02. The van der Waals surface area contributed by atoms with Gasteiger partial charge in [-0.3, -0.25) is 19.8 Å². The lowest BCUT2D eigenvalue weighted by Gasteiger charge is -2.29. The monoisotopic (exact) mass is 382 g/mol. The van der Waals surface area contributed by atoms with Gasteiger partial charge in [0.1, 0.15) is 5.57 Å². The van der Waals surface area contributed by atoms with Gasteiger partial charge in [0.2, 0.25) is 0 Å². The molecule has 1 aliphatic rings. The molecule has 0 saturated carbocycles. The molecule has 138 valence electrons. The van der Waals surface area contributed by atoms with E-state index in [0.717, 1.165) is 5.56 Å². The molecule has 1 aliphatic heterocycles. The van der Waals surface area contributed by atoms with Crippen LogP contribution in [0.2, 0.25) is 0 Å². The molecule has 0 aromatic heterocycles. The molecule has 0 aliphatic carbocycles. The molecule has 2 aromatic rings. The smallest absolute Gasteiger partial charge is 0.270 e. The van der Waals surface area contributed by atoms with Crippen molar-refractivity contribution in [1.29, 1.82) is 0 Å². The second kappa shape index (κ2) is 7.59. The zero-order chi connectivity index (χ0) is 19.6. The van der Waals surface area contributed by atoms with E-state index in [1.54, 1.807) is 24.3 Å². The maximum Gasteiger partial charge on any atom is 0.270 e. The minimum atomic E-state index is -0.557. The fourth-order valence-electron chi connectivity index (χ4n) is 2.84. The molecule has 3 rings (SSSR count). The Labute approximate surface area is 162 Å². The Kier molecular flexibility index (Phi) is 5.23. The summed E-state index contributed by atoms with van der Waals surface area (Å²) in [6.45, 7) is 1.91. The van der Waals surface area contributed by atoms with E-state index in [4.69, 9.17) is 21.7 Å². The fraction of sp³-hybridized carbons (Fsp3) is 0.150. The highest BCUT2D eigenvalue weighted by atomic mass is 32.1. The third kappa shape index (κ3) is 3.54. The van der Waals surface area contributed by atoms with Gasteiger partial charge in [-0.25, -0.2) is 0 Å². The SMILES string of the molecule is COc1cccc(/C=C2\C(=O)NC(=S)N(c3cccc(C)c3)C2=O)c1OC. The number of rotatable bonds is 4. The Morgan fingerprint density at radius 1 is 1.07 bits per heavy atom. The Balaban J connectivity index is 2.08. The largest absolute Gasteiger partial charge is 0.493 e. The molecule has 0 unspecified atom stereocenters. The molecular formula is C20H18N2O4S. The van der Waals surface area contributed by atoms with Crippen molar-refractivity contribution in [3.8, 4) is 11.5 Å². The van der Waals surface area contributed by atoms with Gasteiger partial charge in [0.15, 0.2) is 16.6 Å². The van der Waals surface area contributed by atoms with E-state index in [2.05, 4.69) is 5.32 Å². The molecule has 0 atom stereocenters. The third-order valence-corrected chi connectivity index (χ3v) is 4.38. The maximum absolute atomic E-state index is 13.1. The van der Waals surface area contributed by atoms with Gasteiger partial charge >= 0.3 is 0 Å². The first kappa shape index (κ1) is 18.6. The number of methoxy groups -OCH3 is 2. The number of para-hydroxylation sites is 1. The molecule has 0 radical (unpaired) electrons. The van der Waals surface area contributed by atoms with Crippen LogP contribution in [0.3, 0.4) is 0 Å². The van der Waals surface area contributed by atoms with Gasteiger partial charge in [-0.05, 0) is 49.0 Å². The molecular weight excluding hydrogens is 364 g/mol. The zero-order valence-corrected chi connectivity index (χ0v) is 15.9. The normalized spacial score (nSPS) is 15.7. The lowest BCUT2D eigenvalue weighted by Crippen LogP contribution is -2.54. The summed E-state index contributed by atoms with van der Waals surface area (Å²) >= 11 is 5.21. The average Bonchev–Trinajstić information content (AvgIpc) is 2.64. The third-order valence-electron chi connectivity index (χ3n) is 4.09. The molecule has 1 N–H and O–H groups in total. The van der Waals surface area contributed by atoms with Crippen molar-refractivity contribution in [1.82, 2.24) is 5.32 Å². The summed E-state index contributed by atoms with van der Waals surface area (Å²) in [5.74, 6) is -0.122. The van der Waals surface area contributed by atoms with E-state index >= 15 is 0 Å². The lowest BCUT2D eigenvalue weighted by atomic mass is 10.1. The Morgan fingerprint density at radius 3 is 2.48 bits per heavy atom. The number of nitrogens with zero attached hydrogens (tertiary/aromatic N) is 1. The van der Waals surface area contributed by atoms with E-state index in [0.29, 0.717) is 22.7 Å². The highest BCUT2D eigenvalue weighted by molar-refractivity contribution is 7.80. The first-order chi connectivity index (χ1) is 13.0. The molecule has 1 heterocycles. The number of thiocarbonyl (C=S) groups is 1. The van der Waals surface area contributed by atoms with Crippen LogP contribution in [0.15, 0.2) is 48.0 Å². The van der Waals surface area contributed by atoms with E-state index in [1.807, 2.05) is 25.1 Å². The molecule has 2 aromatic carbocycles. The van der Waals surface area contributed by atoms with E-state index in [1.165, 1.54) is 25.2 Å². The van der Waals surface area contributed by atoms with Crippen LogP contribution in [0, 0.1) is 6.92 Å². The maximum atomic E-state index is 13.1. The first-order valence-electron chi connectivity index (χ1n) is 8.15. The Bertz CT molecular complexity index is 968. The molecule has 1 fully saturated rings. The van der Waals surface area contributed by atoms with Gasteiger partial charge < -0.3 is 9.47 Å². The summed E-state index contributed by atoms with van der Waals surface area (Å²) in [6, 6.07) is 12.5. The number of hydrogen-bond donors (Lipinski definition) is 1. The number of carbonyl (C=O) groups is 2. The number of ether oxygens (including phenoxy) is 2. The second-order valence-electron chi connectivity index (χ2n) is 5.88. The minimum Gasteiger partial charge on any atom is -0.493 e. The molecule has 1 saturated heterocycles. The van der Waals surface area contributed by atoms with Crippen LogP contribution in [-0.4, -0.2) is 31.1 Å². The summed E-state index contributed by atoms with van der Waals surface area (Å²) in [5.41, 5.74) is 2.07. The molecule has 0 spiro atoms. The standard InChI is InChI=1S/C20H18N2O4S/c1-12-6-4-8-14(10-12)22-19(24)15(18(23)21-20(22)27)11-13-7-5-9-16(25-2)17(13)26-3/h4-11H,1-3H3,(H,21,23,27)/b15-11+. The van der Waals surface area contributed by atoms with Gasteiger partial charge in [-0.1, -0.05) is 24.3 Å². The number of nitrogens with one attached hydrogen (secondary N) is 1. The van der Waals surface area contributed by atoms with Gasteiger partial charge in [0.25, 0.3) is 11.8 Å². The first-order valence-corrected chi connectivity index (χ1v) is 8.56. The van der Waals surface area contributed by atoms with Gasteiger partial charge in [0.05, 0.1) is 19.9 Å². The van der Waals surface area contributed by atoms with Crippen LogP contribution in [0.1, 0.15) is 11.1 Å². The van der Waals surface area contributed by atoms with Crippen LogP contribution in [0.5, 0.6) is 11.5 Å². The van der Waals surface area contributed by atoms with Crippen molar-refractivity contribution in [2.75, 3.05) is 19.1 Å². The van der Waals surface area contributed by atoms with Crippen LogP contribution >= 0.6 is 12.2 Å². The number of hydrogen-bond acceptors (Lipinski definition) is 5. The van der Waals surface area contributed by atoms with Crippen molar-refractivity contribution in [3.05, 3.63) is 59.2 Å². The topological polar surface area (TPSA) is 67.9 Å². The zero-order valence-electron chi connectivity index (χ0n) is 15.1. The average molecular weight is 382 g/mol. The van der Waals surface area contributed by atoms with Crippen molar-refractivity contribution < 1.29 is 19.1 Å². The Hall–Kier alpha value is -3.19. The van der Waals surface area contributed by atoms with E-state index in [9.17, 15) is 9.59 Å². The van der Waals surface area contributed by atoms with Crippen LogP contribution in [0.4, 0.5) is 5.69 Å². The van der Waals surface area contributed by atoms with Crippen molar-refractivity contribution >= 4 is 40.9 Å². The molecule has 27 heavy (non-hydrogen) atoms. The van der Waals surface area contributed by atoms with Crippen LogP contribution in [-0.2, 0) is 9.59 Å². The number of aryl methyl sites for hydroxylation is 1. The van der Waals surface area contributed by atoms with E-state index in [-0.39, 0.29) is 10.7 Å². The van der Waals surface area contributed by atoms with Crippen molar-refractivity contribution in [2.24, 2.45) is 0 Å². The van der Waals surface area contributed by atoms with Crippen molar-refractivity contribution in [2.45, 2.75) is 6.92 Å². The van der Waals surface area contributed by atoms with Gasteiger partial charge in [-0.2, -0.15) is 0 Å². The molecule has 6 nitrogen and oxygen atoms in total. The predicted molar refractivity (Wildman–Crippen MR) is 107 cm³/mol. The fourth-order valence-corrected chi connectivity index (χ4v) is 3.12. The number of amides is 2. The number of carbonyl (C=O) groups excluding carboxylic acids is 2. The van der Waals surface area contributed by atoms with E-state index < -0.39 is 11.8 Å². The quantitative estimate of drug-likeness (QED) is 0.500. The minimum absolute atomic E-state index is 0.0448. The summed E-state index contributed by atoms with van der Waals surface area (Å²) in [5, 5.41) is 2.62. The van der Waals surface area contributed by atoms with Crippen molar-refractivity contribution in [3.63, 3.8) is 0 Å². The van der Waals surface area contributed by atoms with Crippen LogP contribution < -0.4 is 19.7 Å². The van der Waals surface area contributed by atoms with Gasteiger partial charge in [0, 0.05) is 5.56 Å². The number of benzene rings is 2. The summed E-state index contributed by atoms with van der Waals surface area (Å²) in [4.78, 5) is 26.8. The Morgan fingerprint density at radius 2 is 1.81 bits per heavy atom. The predicted octanol–water partition coefficient (Wildman–Crippen LogP) is 2.84.